The summed E-state index contributed by atoms with van der Waals surface area (Å²) in [6, 6.07) is 7.14. The molecule has 0 fully saturated rings. The first-order chi connectivity index (χ1) is 10.9. The minimum Gasteiger partial charge on any atom is -0.494 e. The highest BCUT2D eigenvalue weighted by atomic mass is 127. The molecule has 0 aliphatic rings. The molecule has 0 atom stereocenters. The molecule has 3 nitrogen and oxygen atoms in total. The Labute approximate surface area is 145 Å². The highest BCUT2D eigenvalue weighted by molar-refractivity contribution is 14.1. The first-order valence-corrected chi connectivity index (χ1v) is 8.12. The van der Waals surface area contributed by atoms with Crippen LogP contribution in [0, 0.1) is 9.39 Å². The van der Waals surface area contributed by atoms with Crippen molar-refractivity contribution in [3.05, 3.63) is 50.1 Å². The highest BCUT2D eigenvalue weighted by Crippen LogP contribution is 2.26. The quantitative estimate of drug-likeness (QED) is 0.631. The second-order valence-electron chi connectivity index (χ2n) is 4.86. The van der Waals surface area contributed by atoms with Gasteiger partial charge in [0.05, 0.1) is 22.4 Å². The molecule has 0 unspecified atom stereocenters. The van der Waals surface area contributed by atoms with Gasteiger partial charge >= 0.3 is 0 Å². The molecule has 0 bridgehead atoms. The summed E-state index contributed by atoms with van der Waals surface area (Å²) in [5.74, 6) is -0.261. The molecule has 124 valence electrons. The van der Waals surface area contributed by atoms with E-state index >= 15 is 0 Å². The summed E-state index contributed by atoms with van der Waals surface area (Å²) in [5, 5.41) is 0. The normalized spacial score (nSPS) is 11.0. The molecule has 1 heterocycles. The maximum atomic E-state index is 14.3. The fourth-order valence-corrected chi connectivity index (χ4v) is 2.59. The molecule has 0 spiro atoms. The van der Waals surface area contributed by atoms with Crippen LogP contribution >= 0.6 is 22.6 Å². The molecule has 0 amide bonds. The average Bonchev–Trinajstić information content (AvgIpc) is 2.50. The van der Waals surface area contributed by atoms with Crippen LogP contribution in [0.1, 0.15) is 13.3 Å². The average molecular weight is 437 g/mol. The molecule has 0 N–H and O–H groups in total. The van der Waals surface area contributed by atoms with Crippen molar-refractivity contribution in [3.8, 4) is 17.0 Å². The molecule has 0 radical (unpaired) electrons. The van der Waals surface area contributed by atoms with Gasteiger partial charge in [0.15, 0.2) is 0 Å². The lowest BCUT2D eigenvalue weighted by Crippen LogP contribution is -2.26. The summed E-state index contributed by atoms with van der Waals surface area (Å²) < 4.78 is 46.4. The Bertz CT molecular complexity index is 747. The monoisotopic (exact) mass is 437 g/mol. The minimum absolute atomic E-state index is 0.0861. The Morgan fingerprint density at radius 3 is 2.61 bits per heavy atom. The van der Waals surface area contributed by atoms with Crippen LogP contribution in [0.15, 0.2) is 35.1 Å². The zero-order valence-corrected chi connectivity index (χ0v) is 14.5. The van der Waals surface area contributed by atoms with Crippen molar-refractivity contribution >= 4 is 22.6 Å². The molecule has 23 heavy (non-hydrogen) atoms. The predicted molar refractivity (Wildman–Crippen MR) is 90.6 cm³/mol. The molecule has 0 saturated carbocycles. The molecule has 2 rings (SSSR count). The van der Waals surface area contributed by atoms with Crippen molar-refractivity contribution in [1.29, 1.82) is 0 Å². The van der Waals surface area contributed by atoms with E-state index in [4.69, 9.17) is 4.74 Å². The fourth-order valence-electron chi connectivity index (χ4n) is 2.12. The highest BCUT2D eigenvalue weighted by Gasteiger charge is 2.16. The van der Waals surface area contributed by atoms with Crippen LogP contribution < -0.4 is 10.3 Å². The van der Waals surface area contributed by atoms with Crippen molar-refractivity contribution in [2.24, 2.45) is 0 Å². The second-order valence-corrected chi connectivity index (χ2v) is 6.03. The summed E-state index contributed by atoms with van der Waals surface area (Å²) in [4.78, 5) is 12.1. The lowest BCUT2D eigenvalue weighted by Gasteiger charge is -2.14. The minimum atomic E-state index is -2.71. The number of hydrogen-bond acceptors (Lipinski definition) is 2. The first kappa shape index (κ1) is 17.8. The van der Waals surface area contributed by atoms with Crippen LogP contribution in [0.5, 0.6) is 5.75 Å². The zero-order valence-electron chi connectivity index (χ0n) is 12.4. The SMILES string of the molecule is CCCOc1ccc(-c2ccc(I)c(=O)n2CC(F)F)c(F)c1. The van der Waals surface area contributed by atoms with Crippen molar-refractivity contribution in [2.45, 2.75) is 26.3 Å². The van der Waals surface area contributed by atoms with Gasteiger partial charge in [-0.2, -0.15) is 0 Å². The topological polar surface area (TPSA) is 31.2 Å². The number of nitrogens with zero attached hydrogens (tertiary/aromatic N) is 1. The van der Waals surface area contributed by atoms with E-state index in [2.05, 4.69) is 0 Å². The molecule has 0 aliphatic carbocycles. The Kier molecular flexibility index (Phi) is 6.09. The Morgan fingerprint density at radius 2 is 2.00 bits per heavy atom. The second kappa shape index (κ2) is 7.85. The number of halogens is 4. The number of aromatic nitrogens is 1. The van der Waals surface area contributed by atoms with Crippen LogP contribution in [0.2, 0.25) is 0 Å². The molecular formula is C16H15F3INO2. The van der Waals surface area contributed by atoms with Gasteiger partial charge in [-0.05, 0) is 53.3 Å². The molecule has 1 aromatic heterocycles. The van der Waals surface area contributed by atoms with Gasteiger partial charge in [-0.3, -0.25) is 4.79 Å². The van der Waals surface area contributed by atoms with Crippen molar-refractivity contribution in [3.63, 3.8) is 0 Å². The molecule has 0 saturated heterocycles. The summed E-state index contributed by atoms with van der Waals surface area (Å²) in [7, 11) is 0. The Hall–Kier alpha value is -1.51. The lowest BCUT2D eigenvalue weighted by atomic mass is 10.1. The van der Waals surface area contributed by atoms with Gasteiger partial charge in [-0.15, -0.1) is 0 Å². The summed E-state index contributed by atoms with van der Waals surface area (Å²) >= 11 is 1.77. The van der Waals surface area contributed by atoms with E-state index in [1.165, 1.54) is 24.3 Å². The van der Waals surface area contributed by atoms with E-state index in [-0.39, 0.29) is 11.3 Å². The molecular weight excluding hydrogens is 422 g/mol. The van der Waals surface area contributed by atoms with Gasteiger partial charge in [0.1, 0.15) is 11.6 Å². The van der Waals surface area contributed by atoms with Crippen LogP contribution in [-0.4, -0.2) is 17.6 Å². The summed E-state index contributed by atoms with van der Waals surface area (Å²) in [6.07, 6.45) is -1.92. The van der Waals surface area contributed by atoms with Gasteiger partial charge in [-0.1, -0.05) is 6.92 Å². The largest absolute Gasteiger partial charge is 0.494 e. The van der Waals surface area contributed by atoms with Crippen molar-refractivity contribution in [1.82, 2.24) is 4.57 Å². The third-order valence-electron chi connectivity index (χ3n) is 3.14. The fraction of sp³-hybridized carbons (Fsp3) is 0.312. The van der Waals surface area contributed by atoms with E-state index < -0.39 is 24.3 Å². The first-order valence-electron chi connectivity index (χ1n) is 7.04. The van der Waals surface area contributed by atoms with Crippen LogP contribution in [0.25, 0.3) is 11.3 Å². The number of alkyl halides is 2. The van der Waals surface area contributed by atoms with E-state index in [1.807, 2.05) is 6.92 Å². The van der Waals surface area contributed by atoms with E-state index in [1.54, 1.807) is 28.7 Å². The third kappa shape index (κ3) is 4.27. The van der Waals surface area contributed by atoms with E-state index in [0.717, 1.165) is 11.0 Å². The smallest absolute Gasteiger partial charge is 0.264 e. The third-order valence-corrected chi connectivity index (χ3v) is 3.96. The van der Waals surface area contributed by atoms with Gasteiger partial charge in [0.25, 0.3) is 12.0 Å². The van der Waals surface area contributed by atoms with Crippen molar-refractivity contribution in [2.75, 3.05) is 6.61 Å². The standard InChI is InChI=1S/C16H15F3INO2/c1-2-7-23-10-3-4-11(12(17)8-10)14-6-5-13(20)16(22)21(14)9-15(18)19/h3-6,8,15H,2,7,9H2,1H3. The van der Waals surface area contributed by atoms with E-state index in [0.29, 0.717) is 15.9 Å². The number of benzene rings is 1. The summed E-state index contributed by atoms with van der Waals surface area (Å²) in [6.45, 7) is 1.61. The molecule has 2 aromatic rings. The molecule has 1 aromatic carbocycles. The summed E-state index contributed by atoms with van der Waals surface area (Å²) in [5.41, 5.74) is -0.354. The predicted octanol–water partition coefficient (Wildman–Crippen LogP) is 4.31. The van der Waals surface area contributed by atoms with Gasteiger partial charge in [0.2, 0.25) is 0 Å². The lowest BCUT2D eigenvalue weighted by molar-refractivity contribution is 0.125. The van der Waals surface area contributed by atoms with Gasteiger partial charge in [0, 0.05) is 11.6 Å². The van der Waals surface area contributed by atoms with Crippen LogP contribution in [-0.2, 0) is 6.54 Å². The number of ether oxygens (including phenoxy) is 1. The van der Waals surface area contributed by atoms with Crippen LogP contribution in [0.3, 0.4) is 0 Å². The maximum absolute atomic E-state index is 14.3. The zero-order chi connectivity index (χ0) is 17.0. The number of pyridine rings is 1. The number of hydrogen-bond donors (Lipinski definition) is 0. The Balaban J connectivity index is 2.49. The molecule has 7 heteroatoms. The van der Waals surface area contributed by atoms with E-state index in [9.17, 15) is 18.0 Å². The maximum Gasteiger partial charge on any atom is 0.264 e. The van der Waals surface area contributed by atoms with Gasteiger partial charge < -0.3 is 9.30 Å². The Morgan fingerprint density at radius 1 is 1.26 bits per heavy atom. The molecule has 0 aliphatic heterocycles. The van der Waals surface area contributed by atoms with Gasteiger partial charge in [-0.25, -0.2) is 13.2 Å². The van der Waals surface area contributed by atoms with Crippen LogP contribution in [0.4, 0.5) is 13.2 Å². The number of rotatable bonds is 6. The van der Waals surface area contributed by atoms with Crippen molar-refractivity contribution < 1.29 is 17.9 Å².